The summed E-state index contributed by atoms with van der Waals surface area (Å²) in [6.45, 7) is 2.50. The number of aromatic nitrogens is 1. The zero-order valence-corrected chi connectivity index (χ0v) is 16.9. The molecule has 1 amide bonds. The third-order valence-corrected chi connectivity index (χ3v) is 5.11. The molecule has 8 nitrogen and oxygen atoms in total. The van der Waals surface area contributed by atoms with Gasteiger partial charge in [-0.1, -0.05) is 24.3 Å². The summed E-state index contributed by atoms with van der Waals surface area (Å²) in [4.78, 5) is 15.7. The van der Waals surface area contributed by atoms with Crippen LogP contribution in [0.15, 0.2) is 53.8 Å². The standard InChI is InChI=1S/C22H25N5O3/c1-3-30-20-9-8-14(10-21(20)29-2)18-11-19(26-25-18)22(28)27-24-13-15-12-23-17-7-5-4-6-16(15)17/h4-10,12-13,18-19,23,25-26H,3,11H2,1-2H3,(H,27,28)/b24-13+. The highest BCUT2D eigenvalue weighted by atomic mass is 16.5. The number of amides is 1. The minimum Gasteiger partial charge on any atom is -0.493 e. The van der Waals surface area contributed by atoms with Crippen molar-refractivity contribution in [1.82, 2.24) is 21.3 Å². The number of H-pyrrole nitrogens is 1. The SMILES string of the molecule is CCOc1ccc(C2CC(C(=O)N/N=C/c3c[nH]c4ccccc34)NN2)cc1OC. The number of methoxy groups -OCH3 is 1. The van der Waals surface area contributed by atoms with Crippen molar-refractivity contribution in [1.29, 1.82) is 0 Å². The summed E-state index contributed by atoms with van der Waals surface area (Å²) in [5.41, 5.74) is 11.8. The lowest BCUT2D eigenvalue weighted by molar-refractivity contribution is -0.122. The second-order valence-corrected chi connectivity index (χ2v) is 7.00. The number of rotatable bonds is 7. The Kier molecular flexibility index (Phi) is 5.97. The van der Waals surface area contributed by atoms with Crippen LogP contribution in [0.1, 0.15) is 30.5 Å². The smallest absolute Gasteiger partial charge is 0.258 e. The molecule has 1 fully saturated rings. The van der Waals surface area contributed by atoms with Crippen LogP contribution in [0.25, 0.3) is 10.9 Å². The molecule has 8 heteroatoms. The second kappa shape index (κ2) is 8.98. The van der Waals surface area contributed by atoms with Crippen LogP contribution in [0.2, 0.25) is 0 Å². The molecule has 0 spiro atoms. The Morgan fingerprint density at radius 1 is 1.23 bits per heavy atom. The van der Waals surface area contributed by atoms with Gasteiger partial charge in [-0.05, 0) is 37.1 Å². The third kappa shape index (κ3) is 4.14. The van der Waals surface area contributed by atoms with Gasteiger partial charge in [-0.2, -0.15) is 5.10 Å². The Morgan fingerprint density at radius 2 is 2.10 bits per heavy atom. The first-order valence-corrected chi connectivity index (χ1v) is 9.90. The first kappa shape index (κ1) is 19.9. The van der Waals surface area contributed by atoms with E-state index in [0.29, 0.717) is 24.5 Å². The van der Waals surface area contributed by atoms with Crippen molar-refractivity contribution in [2.45, 2.75) is 25.4 Å². The number of ether oxygens (including phenoxy) is 2. The number of para-hydroxylation sites is 1. The molecule has 1 aliphatic heterocycles. The maximum atomic E-state index is 12.5. The van der Waals surface area contributed by atoms with Gasteiger partial charge < -0.3 is 14.5 Å². The van der Waals surface area contributed by atoms with Gasteiger partial charge in [0.05, 0.1) is 19.9 Å². The number of nitrogens with one attached hydrogen (secondary N) is 4. The van der Waals surface area contributed by atoms with Crippen LogP contribution in [-0.4, -0.2) is 36.9 Å². The number of hydrogen-bond acceptors (Lipinski definition) is 6. The number of hydrazone groups is 1. The predicted molar refractivity (Wildman–Crippen MR) is 116 cm³/mol. The summed E-state index contributed by atoms with van der Waals surface area (Å²) in [7, 11) is 1.61. The lowest BCUT2D eigenvalue weighted by Crippen LogP contribution is -2.41. The fourth-order valence-electron chi connectivity index (χ4n) is 3.57. The highest BCUT2D eigenvalue weighted by molar-refractivity contribution is 5.99. The van der Waals surface area contributed by atoms with Gasteiger partial charge in [0.2, 0.25) is 0 Å². The van der Waals surface area contributed by atoms with Gasteiger partial charge >= 0.3 is 0 Å². The van der Waals surface area contributed by atoms with Gasteiger partial charge in [0, 0.05) is 28.7 Å². The number of hydrogen-bond donors (Lipinski definition) is 4. The maximum Gasteiger partial charge on any atom is 0.258 e. The van der Waals surface area contributed by atoms with Gasteiger partial charge in [-0.15, -0.1) is 0 Å². The van der Waals surface area contributed by atoms with E-state index in [1.807, 2.05) is 55.6 Å². The summed E-state index contributed by atoms with van der Waals surface area (Å²) in [6, 6.07) is 13.3. The molecular weight excluding hydrogens is 382 g/mol. The lowest BCUT2D eigenvalue weighted by Gasteiger charge is -2.14. The summed E-state index contributed by atoms with van der Waals surface area (Å²) in [5.74, 6) is 1.18. The van der Waals surface area contributed by atoms with E-state index in [9.17, 15) is 4.79 Å². The monoisotopic (exact) mass is 407 g/mol. The molecule has 2 aromatic carbocycles. The Bertz CT molecular complexity index is 1060. The highest BCUT2D eigenvalue weighted by Gasteiger charge is 2.30. The number of carbonyl (C=O) groups is 1. The summed E-state index contributed by atoms with van der Waals surface area (Å²) >= 11 is 0. The molecule has 0 aliphatic carbocycles. The van der Waals surface area contributed by atoms with E-state index in [0.717, 1.165) is 22.0 Å². The van der Waals surface area contributed by atoms with Crippen LogP contribution in [0, 0.1) is 0 Å². The number of benzene rings is 2. The molecule has 0 saturated carbocycles. The van der Waals surface area contributed by atoms with Crippen LogP contribution >= 0.6 is 0 Å². The quantitative estimate of drug-likeness (QED) is 0.356. The van der Waals surface area contributed by atoms with Crippen molar-refractivity contribution >= 4 is 23.0 Å². The highest BCUT2D eigenvalue weighted by Crippen LogP contribution is 2.32. The molecule has 1 saturated heterocycles. The summed E-state index contributed by atoms with van der Waals surface area (Å²) in [5, 5.41) is 5.17. The largest absolute Gasteiger partial charge is 0.493 e. The predicted octanol–water partition coefficient (Wildman–Crippen LogP) is 2.63. The number of hydrazine groups is 1. The van der Waals surface area contributed by atoms with Crippen molar-refractivity contribution in [2.24, 2.45) is 5.10 Å². The van der Waals surface area contributed by atoms with E-state index in [1.54, 1.807) is 13.3 Å². The number of nitrogens with zero attached hydrogens (tertiary/aromatic N) is 1. The molecule has 0 bridgehead atoms. The molecule has 2 atom stereocenters. The van der Waals surface area contributed by atoms with Crippen molar-refractivity contribution in [3.63, 3.8) is 0 Å². The number of fused-ring (bicyclic) bond motifs is 1. The van der Waals surface area contributed by atoms with E-state index < -0.39 is 6.04 Å². The van der Waals surface area contributed by atoms with E-state index >= 15 is 0 Å². The summed E-state index contributed by atoms with van der Waals surface area (Å²) in [6.07, 6.45) is 4.10. The first-order chi connectivity index (χ1) is 14.7. The van der Waals surface area contributed by atoms with Gasteiger partial charge in [0.15, 0.2) is 11.5 Å². The van der Waals surface area contributed by atoms with E-state index in [-0.39, 0.29) is 11.9 Å². The molecule has 2 unspecified atom stereocenters. The van der Waals surface area contributed by atoms with Gasteiger partial charge in [-0.25, -0.2) is 16.3 Å². The average molecular weight is 407 g/mol. The molecule has 2 heterocycles. The Labute approximate surface area is 174 Å². The van der Waals surface area contributed by atoms with E-state index in [4.69, 9.17) is 9.47 Å². The Morgan fingerprint density at radius 3 is 2.93 bits per heavy atom. The molecular formula is C22H25N5O3. The van der Waals surface area contributed by atoms with E-state index in [1.165, 1.54) is 0 Å². The maximum absolute atomic E-state index is 12.5. The normalized spacial score (nSPS) is 18.7. The van der Waals surface area contributed by atoms with Crippen molar-refractivity contribution in [3.05, 3.63) is 59.8 Å². The minimum atomic E-state index is -0.396. The molecule has 3 aromatic rings. The van der Waals surface area contributed by atoms with Gasteiger partial charge in [-0.3, -0.25) is 4.79 Å². The molecule has 30 heavy (non-hydrogen) atoms. The van der Waals surface area contributed by atoms with Gasteiger partial charge in [0.25, 0.3) is 5.91 Å². The molecule has 4 rings (SSSR count). The fourth-order valence-corrected chi connectivity index (χ4v) is 3.57. The first-order valence-electron chi connectivity index (χ1n) is 9.90. The molecule has 1 aromatic heterocycles. The Hall–Kier alpha value is -3.36. The van der Waals surface area contributed by atoms with Crippen LogP contribution in [-0.2, 0) is 4.79 Å². The molecule has 1 aliphatic rings. The second-order valence-electron chi connectivity index (χ2n) is 7.00. The molecule has 156 valence electrons. The van der Waals surface area contributed by atoms with Crippen molar-refractivity contribution < 1.29 is 14.3 Å². The summed E-state index contributed by atoms with van der Waals surface area (Å²) < 4.78 is 11.0. The van der Waals surface area contributed by atoms with Gasteiger partial charge in [0.1, 0.15) is 6.04 Å². The zero-order chi connectivity index (χ0) is 20.9. The average Bonchev–Trinajstić information content (AvgIpc) is 3.42. The minimum absolute atomic E-state index is 0.0251. The molecule has 4 N–H and O–H groups in total. The zero-order valence-electron chi connectivity index (χ0n) is 16.9. The number of aromatic amines is 1. The van der Waals surface area contributed by atoms with Crippen LogP contribution < -0.4 is 25.8 Å². The van der Waals surface area contributed by atoms with Crippen LogP contribution in [0.3, 0.4) is 0 Å². The third-order valence-electron chi connectivity index (χ3n) is 5.11. The van der Waals surface area contributed by atoms with Crippen molar-refractivity contribution in [3.8, 4) is 11.5 Å². The van der Waals surface area contributed by atoms with Crippen LogP contribution in [0.4, 0.5) is 0 Å². The van der Waals surface area contributed by atoms with E-state index in [2.05, 4.69) is 26.4 Å². The fraction of sp³-hybridized carbons (Fsp3) is 0.273. The van der Waals surface area contributed by atoms with Crippen LogP contribution in [0.5, 0.6) is 11.5 Å². The Balaban J connectivity index is 1.36. The topological polar surface area (TPSA) is 99.8 Å². The number of carbonyl (C=O) groups excluding carboxylic acids is 1. The van der Waals surface area contributed by atoms with Crippen molar-refractivity contribution in [2.75, 3.05) is 13.7 Å². The molecule has 0 radical (unpaired) electrons. The lowest BCUT2D eigenvalue weighted by atomic mass is 10.0.